The Labute approximate surface area is 94.8 Å². The molecule has 0 spiro atoms. The van der Waals surface area contributed by atoms with E-state index in [-0.39, 0.29) is 5.91 Å². The van der Waals surface area contributed by atoms with E-state index in [4.69, 9.17) is 10.5 Å². The van der Waals surface area contributed by atoms with Crippen molar-refractivity contribution in [1.82, 2.24) is 0 Å². The van der Waals surface area contributed by atoms with E-state index in [0.717, 1.165) is 12.0 Å². The minimum atomic E-state index is -0.841. The van der Waals surface area contributed by atoms with Crippen molar-refractivity contribution in [1.29, 1.82) is 0 Å². The van der Waals surface area contributed by atoms with Gasteiger partial charge in [0.25, 0.3) is 5.91 Å². The molecule has 1 aliphatic rings. The maximum Gasteiger partial charge on any atom is 0.268 e. The summed E-state index contributed by atoms with van der Waals surface area (Å²) in [4.78, 5) is 11.7. The first-order chi connectivity index (χ1) is 7.44. The lowest BCUT2D eigenvalue weighted by molar-refractivity contribution is -0.129. The molecule has 3 N–H and O–H groups in total. The van der Waals surface area contributed by atoms with E-state index < -0.39 is 5.60 Å². The van der Waals surface area contributed by atoms with Crippen LogP contribution in [-0.2, 0) is 11.2 Å². The zero-order valence-corrected chi connectivity index (χ0v) is 9.76. The van der Waals surface area contributed by atoms with Gasteiger partial charge in [-0.25, -0.2) is 0 Å². The summed E-state index contributed by atoms with van der Waals surface area (Å²) in [7, 11) is 0. The zero-order valence-electron chi connectivity index (χ0n) is 9.76. The summed E-state index contributed by atoms with van der Waals surface area (Å²) < 4.78 is 5.66. The fraction of sp³-hybridized carbons (Fsp3) is 0.417. The van der Waals surface area contributed by atoms with Gasteiger partial charge in [-0.15, -0.1) is 0 Å². The van der Waals surface area contributed by atoms with Crippen molar-refractivity contribution in [2.24, 2.45) is 0 Å². The molecule has 1 aromatic rings. The van der Waals surface area contributed by atoms with E-state index in [1.807, 2.05) is 19.1 Å². The largest absolute Gasteiger partial charge is 0.476 e. The van der Waals surface area contributed by atoms with E-state index >= 15 is 0 Å². The number of benzene rings is 1. The summed E-state index contributed by atoms with van der Waals surface area (Å²) in [5, 5.41) is 2.78. The van der Waals surface area contributed by atoms with Gasteiger partial charge in [0, 0.05) is 0 Å². The standard InChI is InChI=1S/C12H16N2O2/c1-4-7-5-8(13)10-9(6-7)16-12(2,3)11(15)14-10/h5-6H,4,13H2,1-3H3,(H,14,15). The second-order valence-corrected chi connectivity index (χ2v) is 4.48. The molecule has 4 nitrogen and oxygen atoms in total. The normalized spacial score (nSPS) is 17.3. The second kappa shape index (κ2) is 3.40. The number of nitrogen functional groups attached to an aromatic ring is 1. The van der Waals surface area contributed by atoms with Gasteiger partial charge in [-0.2, -0.15) is 0 Å². The van der Waals surface area contributed by atoms with Gasteiger partial charge in [0.1, 0.15) is 11.4 Å². The molecule has 1 aliphatic heterocycles. The fourth-order valence-corrected chi connectivity index (χ4v) is 1.70. The summed E-state index contributed by atoms with van der Waals surface area (Å²) in [5.41, 5.74) is 7.27. The molecule has 0 aliphatic carbocycles. The Bertz CT molecular complexity index is 453. The van der Waals surface area contributed by atoms with E-state index in [1.54, 1.807) is 13.8 Å². The number of fused-ring (bicyclic) bond motifs is 1. The van der Waals surface area contributed by atoms with Gasteiger partial charge in [-0.3, -0.25) is 4.79 Å². The SMILES string of the molecule is CCc1cc(N)c2c(c1)OC(C)(C)C(=O)N2. The number of hydrogen-bond donors (Lipinski definition) is 2. The molecule has 4 heteroatoms. The first-order valence-corrected chi connectivity index (χ1v) is 5.37. The van der Waals surface area contributed by atoms with Crippen molar-refractivity contribution < 1.29 is 9.53 Å². The number of carbonyl (C=O) groups is 1. The van der Waals surface area contributed by atoms with Gasteiger partial charge >= 0.3 is 0 Å². The molecule has 16 heavy (non-hydrogen) atoms. The van der Waals surface area contributed by atoms with Crippen LogP contribution < -0.4 is 15.8 Å². The molecule has 0 bridgehead atoms. The van der Waals surface area contributed by atoms with Gasteiger partial charge in [0.2, 0.25) is 0 Å². The second-order valence-electron chi connectivity index (χ2n) is 4.48. The van der Waals surface area contributed by atoms with Crippen LogP contribution in [0.25, 0.3) is 0 Å². The lowest BCUT2D eigenvalue weighted by Gasteiger charge is -2.32. The highest BCUT2D eigenvalue weighted by Crippen LogP contribution is 2.38. The molecular weight excluding hydrogens is 204 g/mol. The minimum Gasteiger partial charge on any atom is -0.476 e. The van der Waals surface area contributed by atoms with Crippen molar-refractivity contribution in [2.45, 2.75) is 32.8 Å². The van der Waals surface area contributed by atoms with E-state index in [1.165, 1.54) is 0 Å². The smallest absolute Gasteiger partial charge is 0.268 e. The van der Waals surface area contributed by atoms with Crippen LogP contribution in [-0.4, -0.2) is 11.5 Å². The summed E-state index contributed by atoms with van der Waals surface area (Å²) in [6.07, 6.45) is 0.884. The number of anilines is 2. The Balaban J connectivity index is 2.51. The van der Waals surface area contributed by atoms with Crippen LogP contribution in [0.1, 0.15) is 26.3 Å². The maximum absolute atomic E-state index is 11.7. The number of amides is 1. The topological polar surface area (TPSA) is 64.3 Å². The molecule has 0 aromatic heterocycles. The highest BCUT2D eigenvalue weighted by atomic mass is 16.5. The first-order valence-electron chi connectivity index (χ1n) is 5.37. The Morgan fingerprint density at radius 3 is 2.75 bits per heavy atom. The van der Waals surface area contributed by atoms with Crippen LogP contribution in [0.4, 0.5) is 11.4 Å². The summed E-state index contributed by atoms with van der Waals surface area (Å²) in [5.74, 6) is 0.484. The molecular formula is C12H16N2O2. The van der Waals surface area contributed by atoms with Crippen LogP contribution in [0, 0.1) is 0 Å². The average Bonchev–Trinajstić information content (AvgIpc) is 2.20. The number of ether oxygens (including phenoxy) is 1. The summed E-state index contributed by atoms with van der Waals surface area (Å²) in [6, 6.07) is 3.79. The molecule has 1 amide bonds. The van der Waals surface area contributed by atoms with Crippen LogP contribution in [0.15, 0.2) is 12.1 Å². The van der Waals surface area contributed by atoms with Crippen LogP contribution in [0.5, 0.6) is 5.75 Å². The summed E-state index contributed by atoms with van der Waals surface area (Å²) >= 11 is 0. The lowest BCUT2D eigenvalue weighted by Crippen LogP contribution is -2.45. The van der Waals surface area contributed by atoms with Crippen molar-refractivity contribution in [3.8, 4) is 5.75 Å². The number of nitrogens with two attached hydrogens (primary N) is 1. The Morgan fingerprint density at radius 2 is 2.12 bits per heavy atom. The third kappa shape index (κ3) is 1.60. The Hall–Kier alpha value is -1.71. The molecule has 0 atom stereocenters. The lowest BCUT2D eigenvalue weighted by atomic mass is 10.0. The molecule has 0 radical (unpaired) electrons. The number of carbonyl (C=O) groups excluding carboxylic acids is 1. The molecule has 0 fully saturated rings. The van der Waals surface area contributed by atoms with Gasteiger partial charge in [0.15, 0.2) is 5.60 Å². The monoisotopic (exact) mass is 220 g/mol. The first kappa shape index (κ1) is 10.8. The van der Waals surface area contributed by atoms with Crippen molar-refractivity contribution in [3.05, 3.63) is 17.7 Å². The van der Waals surface area contributed by atoms with Crippen molar-refractivity contribution in [2.75, 3.05) is 11.1 Å². The van der Waals surface area contributed by atoms with E-state index in [0.29, 0.717) is 17.1 Å². The third-order valence-corrected chi connectivity index (χ3v) is 2.75. The number of rotatable bonds is 1. The van der Waals surface area contributed by atoms with E-state index in [2.05, 4.69) is 5.32 Å². The van der Waals surface area contributed by atoms with Crippen molar-refractivity contribution >= 4 is 17.3 Å². The maximum atomic E-state index is 11.7. The van der Waals surface area contributed by atoms with Gasteiger partial charge in [-0.05, 0) is 38.0 Å². The Morgan fingerprint density at radius 1 is 1.44 bits per heavy atom. The van der Waals surface area contributed by atoms with Crippen LogP contribution >= 0.6 is 0 Å². The highest BCUT2D eigenvalue weighted by Gasteiger charge is 2.36. The molecule has 1 heterocycles. The van der Waals surface area contributed by atoms with Gasteiger partial charge < -0.3 is 15.8 Å². The molecule has 1 aromatic carbocycles. The van der Waals surface area contributed by atoms with E-state index in [9.17, 15) is 4.79 Å². The third-order valence-electron chi connectivity index (χ3n) is 2.75. The van der Waals surface area contributed by atoms with Gasteiger partial charge in [-0.1, -0.05) is 6.92 Å². The molecule has 0 saturated carbocycles. The number of aryl methyl sites for hydroxylation is 1. The van der Waals surface area contributed by atoms with Gasteiger partial charge in [0.05, 0.1) is 5.69 Å². The molecule has 0 saturated heterocycles. The molecule has 86 valence electrons. The predicted molar refractivity (Wildman–Crippen MR) is 63.6 cm³/mol. The highest BCUT2D eigenvalue weighted by molar-refractivity contribution is 6.03. The number of hydrogen-bond acceptors (Lipinski definition) is 3. The summed E-state index contributed by atoms with van der Waals surface area (Å²) in [6.45, 7) is 5.52. The zero-order chi connectivity index (χ0) is 11.9. The molecule has 0 unspecified atom stereocenters. The minimum absolute atomic E-state index is 0.170. The van der Waals surface area contributed by atoms with Crippen molar-refractivity contribution in [3.63, 3.8) is 0 Å². The fourth-order valence-electron chi connectivity index (χ4n) is 1.70. The van der Waals surface area contributed by atoms with Crippen LogP contribution in [0.3, 0.4) is 0 Å². The predicted octanol–water partition coefficient (Wildman–Crippen LogP) is 1.94. The van der Waals surface area contributed by atoms with Crippen LogP contribution in [0.2, 0.25) is 0 Å². The molecule has 2 rings (SSSR count). The average molecular weight is 220 g/mol. The quantitative estimate of drug-likeness (QED) is 0.711. The number of nitrogens with one attached hydrogen (secondary N) is 1. The Kier molecular flexibility index (Phi) is 2.30.